The summed E-state index contributed by atoms with van der Waals surface area (Å²) in [6.45, 7) is 0.669. The molecule has 0 unspecified atom stereocenters. The Bertz CT molecular complexity index is 602. The first-order valence-corrected chi connectivity index (χ1v) is 7.54. The van der Waals surface area contributed by atoms with Crippen molar-refractivity contribution in [2.75, 3.05) is 18.1 Å². The molecule has 0 heterocycles. The van der Waals surface area contributed by atoms with E-state index in [-0.39, 0.29) is 10.6 Å². The third-order valence-electron chi connectivity index (χ3n) is 3.01. The van der Waals surface area contributed by atoms with Gasteiger partial charge in [0.2, 0.25) is 0 Å². The molecule has 0 aliphatic carbocycles. The zero-order valence-electron chi connectivity index (χ0n) is 11.2. The van der Waals surface area contributed by atoms with Crippen LogP contribution in [0.1, 0.15) is 5.56 Å². The van der Waals surface area contributed by atoms with Crippen molar-refractivity contribution >= 4 is 23.1 Å². The van der Waals surface area contributed by atoms with E-state index in [1.165, 1.54) is 4.90 Å². The fourth-order valence-corrected chi connectivity index (χ4v) is 2.60. The monoisotopic (exact) mass is 288 g/mol. The van der Waals surface area contributed by atoms with Crippen molar-refractivity contribution in [2.24, 2.45) is 0 Å². The van der Waals surface area contributed by atoms with Gasteiger partial charge in [-0.3, -0.25) is 10.1 Å². The topological polar surface area (TPSA) is 55.2 Å². The molecule has 0 aromatic heterocycles. The van der Waals surface area contributed by atoms with Crippen molar-refractivity contribution in [2.45, 2.75) is 11.3 Å². The van der Waals surface area contributed by atoms with Gasteiger partial charge in [0.15, 0.2) is 0 Å². The van der Waals surface area contributed by atoms with Crippen LogP contribution < -0.4 is 5.32 Å². The lowest BCUT2D eigenvalue weighted by atomic mass is 10.1. The van der Waals surface area contributed by atoms with E-state index in [4.69, 9.17) is 0 Å². The molecular weight excluding hydrogens is 272 g/mol. The van der Waals surface area contributed by atoms with Crippen molar-refractivity contribution < 1.29 is 4.92 Å². The maximum Gasteiger partial charge on any atom is 0.272 e. The van der Waals surface area contributed by atoms with E-state index in [2.05, 4.69) is 11.4 Å². The molecule has 0 saturated carbocycles. The average Bonchev–Trinajstić information content (AvgIpc) is 2.48. The fraction of sp³-hybridized carbons (Fsp3) is 0.200. The molecule has 0 atom stereocenters. The molecule has 2 rings (SSSR count). The fourth-order valence-electron chi connectivity index (χ4n) is 2.02. The van der Waals surface area contributed by atoms with Gasteiger partial charge in [-0.2, -0.15) is 0 Å². The Morgan fingerprint density at radius 2 is 1.85 bits per heavy atom. The van der Waals surface area contributed by atoms with Crippen LogP contribution in [0.4, 0.5) is 11.4 Å². The van der Waals surface area contributed by atoms with Crippen LogP contribution in [-0.2, 0) is 6.42 Å². The molecule has 20 heavy (non-hydrogen) atoms. The van der Waals surface area contributed by atoms with Gasteiger partial charge < -0.3 is 5.32 Å². The lowest BCUT2D eigenvalue weighted by Gasteiger charge is -2.10. The third kappa shape index (κ3) is 3.51. The highest BCUT2D eigenvalue weighted by Crippen LogP contribution is 2.25. The Morgan fingerprint density at radius 1 is 1.15 bits per heavy atom. The standard InChI is InChI=1S/C15H16N2O2S/c1-20-15-9-5-3-7-13(15)16-11-10-12-6-2-4-8-14(12)17(18)19/h2-9,16H,10-11H2,1H3. The maximum atomic E-state index is 10.9. The average molecular weight is 288 g/mol. The zero-order chi connectivity index (χ0) is 14.4. The van der Waals surface area contributed by atoms with Crippen molar-refractivity contribution in [3.63, 3.8) is 0 Å². The Morgan fingerprint density at radius 3 is 2.60 bits per heavy atom. The smallest absolute Gasteiger partial charge is 0.272 e. The number of nitro benzene ring substituents is 1. The molecule has 0 aliphatic heterocycles. The van der Waals surface area contributed by atoms with E-state index in [1.54, 1.807) is 30.0 Å². The minimum absolute atomic E-state index is 0.187. The number of para-hydroxylation sites is 2. The number of nitro groups is 1. The molecule has 2 aromatic carbocycles. The van der Waals surface area contributed by atoms with Crippen LogP contribution in [0.5, 0.6) is 0 Å². The number of nitrogens with zero attached hydrogens (tertiary/aromatic N) is 1. The number of hydrogen-bond donors (Lipinski definition) is 1. The predicted octanol–water partition coefficient (Wildman–Crippen LogP) is 3.97. The summed E-state index contributed by atoms with van der Waals surface area (Å²) < 4.78 is 0. The molecule has 5 heteroatoms. The largest absolute Gasteiger partial charge is 0.384 e. The van der Waals surface area contributed by atoms with Gasteiger partial charge in [-0.05, 0) is 24.8 Å². The molecule has 1 N–H and O–H groups in total. The van der Waals surface area contributed by atoms with Gasteiger partial charge in [0.25, 0.3) is 5.69 Å². The summed E-state index contributed by atoms with van der Waals surface area (Å²) in [5.74, 6) is 0. The third-order valence-corrected chi connectivity index (χ3v) is 3.80. The van der Waals surface area contributed by atoms with Gasteiger partial charge in [-0.25, -0.2) is 0 Å². The summed E-state index contributed by atoms with van der Waals surface area (Å²) in [6.07, 6.45) is 2.66. The number of rotatable bonds is 6. The number of anilines is 1. The van der Waals surface area contributed by atoms with Crippen LogP contribution in [0.2, 0.25) is 0 Å². The first kappa shape index (κ1) is 14.4. The molecule has 0 saturated heterocycles. The maximum absolute atomic E-state index is 10.9. The Kier molecular flexibility index (Phi) is 5.01. The first-order valence-electron chi connectivity index (χ1n) is 6.31. The minimum Gasteiger partial charge on any atom is -0.384 e. The first-order chi connectivity index (χ1) is 9.72. The second-order valence-corrected chi connectivity index (χ2v) is 5.11. The summed E-state index contributed by atoms with van der Waals surface area (Å²) in [6, 6.07) is 14.9. The highest BCUT2D eigenvalue weighted by atomic mass is 32.2. The number of benzene rings is 2. The van der Waals surface area contributed by atoms with Gasteiger partial charge in [-0.1, -0.05) is 30.3 Å². The van der Waals surface area contributed by atoms with E-state index in [0.29, 0.717) is 13.0 Å². The second kappa shape index (κ2) is 6.96. The van der Waals surface area contributed by atoms with Crippen molar-refractivity contribution in [3.05, 3.63) is 64.2 Å². The van der Waals surface area contributed by atoms with Crippen LogP contribution in [0.25, 0.3) is 0 Å². The number of thioether (sulfide) groups is 1. The quantitative estimate of drug-likeness (QED) is 0.496. The molecule has 0 radical (unpaired) electrons. The molecule has 0 bridgehead atoms. The van der Waals surface area contributed by atoms with Crippen molar-refractivity contribution in [3.8, 4) is 0 Å². The van der Waals surface area contributed by atoms with Crippen LogP contribution >= 0.6 is 11.8 Å². The Hall–Kier alpha value is -2.01. The molecule has 2 aromatic rings. The van der Waals surface area contributed by atoms with Crippen molar-refractivity contribution in [1.82, 2.24) is 0 Å². The van der Waals surface area contributed by atoms with E-state index in [1.807, 2.05) is 30.5 Å². The van der Waals surface area contributed by atoms with Gasteiger partial charge in [-0.15, -0.1) is 11.8 Å². The van der Waals surface area contributed by atoms with E-state index in [9.17, 15) is 10.1 Å². The zero-order valence-corrected chi connectivity index (χ0v) is 12.0. The summed E-state index contributed by atoms with van der Waals surface area (Å²) >= 11 is 1.68. The van der Waals surface area contributed by atoms with Gasteiger partial charge >= 0.3 is 0 Å². The predicted molar refractivity (Wildman–Crippen MR) is 83.5 cm³/mol. The Labute approximate surface area is 122 Å². The minimum atomic E-state index is -0.328. The molecule has 0 fully saturated rings. The summed E-state index contributed by atoms with van der Waals surface area (Å²) in [5.41, 5.74) is 2.01. The molecule has 0 spiro atoms. The Balaban J connectivity index is 2.01. The second-order valence-electron chi connectivity index (χ2n) is 4.26. The highest BCUT2D eigenvalue weighted by Gasteiger charge is 2.11. The normalized spacial score (nSPS) is 10.2. The number of hydrogen-bond acceptors (Lipinski definition) is 4. The van der Waals surface area contributed by atoms with Gasteiger partial charge in [0.05, 0.1) is 4.92 Å². The van der Waals surface area contributed by atoms with E-state index < -0.39 is 0 Å². The lowest BCUT2D eigenvalue weighted by Crippen LogP contribution is -2.07. The van der Waals surface area contributed by atoms with Crippen LogP contribution in [-0.4, -0.2) is 17.7 Å². The van der Waals surface area contributed by atoms with E-state index >= 15 is 0 Å². The highest BCUT2D eigenvalue weighted by molar-refractivity contribution is 7.98. The van der Waals surface area contributed by atoms with Crippen LogP contribution in [0.3, 0.4) is 0 Å². The van der Waals surface area contributed by atoms with Gasteiger partial charge in [0.1, 0.15) is 0 Å². The molecule has 0 amide bonds. The molecular formula is C15H16N2O2S. The van der Waals surface area contributed by atoms with Crippen molar-refractivity contribution in [1.29, 1.82) is 0 Å². The summed E-state index contributed by atoms with van der Waals surface area (Å²) in [7, 11) is 0. The molecule has 104 valence electrons. The molecule has 0 aliphatic rings. The summed E-state index contributed by atoms with van der Waals surface area (Å²) in [4.78, 5) is 11.8. The lowest BCUT2D eigenvalue weighted by molar-refractivity contribution is -0.385. The SMILES string of the molecule is CSc1ccccc1NCCc1ccccc1[N+](=O)[O-]. The summed E-state index contributed by atoms with van der Waals surface area (Å²) in [5, 5.41) is 14.3. The number of nitrogens with one attached hydrogen (secondary N) is 1. The van der Waals surface area contributed by atoms with Crippen LogP contribution in [0.15, 0.2) is 53.4 Å². The van der Waals surface area contributed by atoms with Crippen LogP contribution in [0, 0.1) is 10.1 Å². The van der Waals surface area contributed by atoms with E-state index in [0.717, 1.165) is 11.3 Å². The molecule has 4 nitrogen and oxygen atoms in total. The van der Waals surface area contributed by atoms with Gasteiger partial charge in [0, 0.05) is 28.8 Å².